The molecule has 0 bridgehead atoms. The number of benzene rings is 1. The van der Waals surface area contributed by atoms with E-state index >= 15 is 0 Å². The summed E-state index contributed by atoms with van der Waals surface area (Å²) in [6.07, 6.45) is 0. The third-order valence-electron chi connectivity index (χ3n) is 2.96. The van der Waals surface area contributed by atoms with Gasteiger partial charge in [-0.15, -0.1) is 0 Å². The molecule has 2 nitrogen and oxygen atoms in total. The molecule has 0 saturated carbocycles. The van der Waals surface area contributed by atoms with Crippen LogP contribution in [-0.2, 0) is 0 Å². The van der Waals surface area contributed by atoms with Gasteiger partial charge in [0.05, 0.1) is 0 Å². The second-order valence-corrected chi connectivity index (χ2v) is 3.85. The highest BCUT2D eigenvalue weighted by Gasteiger charge is 2.15. The van der Waals surface area contributed by atoms with Gasteiger partial charge in [-0.3, -0.25) is 0 Å². The van der Waals surface area contributed by atoms with Gasteiger partial charge in [-0.05, 0) is 26.2 Å². The molecule has 0 spiro atoms. The van der Waals surface area contributed by atoms with Crippen molar-refractivity contribution in [2.45, 2.75) is 19.9 Å². The van der Waals surface area contributed by atoms with E-state index in [0.717, 1.165) is 25.2 Å². The van der Waals surface area contributed by atoms with E-state index in [4.69, 9.17) is 0 Å². The topological polar surface area (TPSA) is 15.3 Å². The molecule has 0 radical (unpaired) electrons. The van der Waals surface area contributed by atoms with Crippen LogP contribution in [0.15, 0.2) is 24.3 Å². The van der Waals surface area contributed by atoms with Crippen molar-refractivity contribution >= 4 is 0 Å². The van der Waals surface area contributed by atoms with E-state index in [1.165, 1.54) is 6.07 Å². The molecular formula is C13H21FN2. The smallest absolute Gasteiger partial charge is 0.128 e. The van der Waals surface area contributed by atoms with Gasteiger partial charge in [0, 0.05) is 18.2 Å². The molecule has 1 unspecified atom stereocenters. The predicted molar refractivity (Wildman–Crippen MR) is 66.0 cm³/mol. The van der Waals surface area contributed by atoms with Crippen LogP contribution in [0.1, 0.15) is 25.5 Å². The summed E-state index contributed by atoms with van der Waals surface area (Å²) in [6.45, 7) is 7.06. The maximum absolute atomic E-state index is 13.6. The lowest BCUT2D eigenvalue weighted by molar-refractivity contribution is 0.268. The van der Waals surface area contributed by atoms with Crippen molar-refractivity contribution in [3.63, 3.8) is 0 Å². The molecule has 0 aromatic heterocycles. The Kier molecular flexibility index (Phi) is 5.43. The molecule has 1 aromatic carbocycles. The van der Waals surface area contributed by atoms with Gasteiger partial charge in [0.25, 0.3) is 0 Å². The number of hydrogen-bond acceptors (Lipinski definition) is 2. The van der Waals surface area contributed by atoms with E-state index in [2.05, 4.69) is 24.1 Å². The van der Waals surface area contributed by atoms with Gasteiger partial charge in [-0.25, -0.2) is 4.39 Å². The lowest BCUT2D eigenvalue weighted by atomic mass is 10.1. The number of rotatable bonds is 6. The van der Waals surface area contributed by atoms with E-state index in [-0.39, 0.29) is 11.9 Å². The van der Waals surface area contributed by atoms with Crippen LogP contribution in [0.3, 0.4) is 0 Å². The molecule has 0 saturated heterocycles. The van der Waals surface area contributed by atoms with Crippen molar-refractivity contribution in [2.75, 3.05) is 26.7 Å². The highest BCUT2D eigenvalue weighted by atomic mass is 19.1. The molecule has 1 N–H and O–H groups in total. The average molecular weight is 224 g/mol. The van der Waals surface area contributed by atoms with Crippen LogP contribution in [-0.4, -0.2) is 31.6 Å². The first-order chi connectivity index (χ1) is 7.72. The fourth-order valence-electron chi connectivity index (χ4n) is 1.84. The molecule has 0 aliphatic rings. The number of nitrogens with zero attached hydrogens (tertiary/aromatic N) is 1. The van der Waals surface area contributed by atoms with Crippen LogP contribution in [0, 0.1) is 5.82 Å². The molecule has 1 atom stereocenters. The van der Waals surface area contributed by atoms with Crippen LogP contribution in [0.5, 0.6) is 0 Å². The van der Waals surface area contributed by atoms with Gasteiger partial charge in [-0.2, -0.15) is 0 Å². The minimum atomic E-state index is -0.131. The van der Waals surface area contributed by atoms with Gasteiger partial charge in [0.15, 0.2) is 0 Å². The van der Waals surface area contributed by atoms with Gasteiger partial charge < -0.3 is 10.2 Å². The number of halogens is 1. The summed E-state index contributed by atoms with van der Waals surface area (Å²) >= 11 is 0. The van der Waals surface area contributed by atoms with E-state index in [1.54, 1.807) is 6.07 Å². The zero-order valence-electron chi connectivity index (χ0n) is 10.3. The zero-order chi connectivity index (χ0) is 12.0. The molecule has 0 aliphatic carbocycles. The van der Waals surface area contributed by atoms with Crippen molar-refractivity contribution in [3.05, 3.63) is 35.6 Å². The van der Waals surface area contributed by atoms with Crippen LogP contribution in [0.25, 0.3) is 0 Å². The zero-order valence-corrected chi connectivity index (χ0v) is 10.3. The molecule has 0 aliphatic heterocycles. The lowest BCUT2D eigenvalue weighted by Crippen LogP contribution is -2.34. The molecule has 16 heavy (non-hydrogen) atoms. The number of hydrogen-bond donors (Lipinski definition) is 1. The lowest BCUT2D eigenvalue weighted by Gasteiger charge is -2.25. The summed E-state index contributed by atoms with van der Waals surface area (Å²) in [5, 5.41) is 3.18. The monoisotopic (exact) mass is 224 g/mol. The average Bonchev–Trinajstić information content (AvgIpc) is 2.32. The van der Waals surface area contributed by atoms with Crippen molar-refractivity contribution < 1.29 is 4.39 Å². The van der Waals surface area contributed by atoms with Crippen molar-refractivity contribution in [1.29, 1.82) is 0 Å². The van der Waals surface area contributed by atoms with Gasteiger partial charge >= 0.3 is 0 Å². The Bertz CT molecular complexity index is 311. The maximum atomic E-state index is 13.6. The molecule has 90 valence electrons. The van der Waals surface area contributed by atoms with Crippen molar-refractivity contribution in [1.82, 2.24) is 10.2 Å². The highest BCUT2D eigenvalue weighted by Crippen LogP contribution is 2.17. The predicted octanol–water partition coefficient (Wildman–Crippen LogP) is 2.43. The molecular weight excluding hydrogens is 203 g/mol. The summed E-state index contributed by atoms with van der Waals surface area (Å²) in [5.74, 6) is -0.131. The summed E-state index contributed by atoms with van der Waals surface area (Å²) in [4.78, 5) is 2.29. The number of likely N-dealkylation sites (N-methyl/N-ethyl adjacent to an activating group) is 2. The Morgan fingerprint density at radius 1 is 1.25 bits per heavy atom. The Labute approximate surface area is 97.5 Å². The van der Waals surface area contributed by atoms with Crippen LogP contribution in [0.2, 0.25) is 0 Å². The van der Waals surface area contributed by atoms with E-state index in [1.807, 2.05) is 19.2 Å². The van der Waals surface area contributed by atoms with E-state index in [9.17, 15) is 4.39 Å². The fourth-order valence-corrected chi connectivity index (χ4v) is 1.84. The minimum absolute atomic E-state index is 0.0566. The summed E-state index contributed by atoms with van der Waals surface area (Å²) in [5.41, 5.74) is 0.747. The van der Waals surface area contributed by atoms with Crippen molar-refractivity contribution in [3.8, 4) is 0 Å². The first-order valence-electron chi connectivity index (χ1n) is 5.86. The minimum Gasteiger partial charge on any atom is -0.312 e. The van der Waals surface area contributed by atoms with Crippen LogP contribution >= 0.6 is 0 Å². The fraction of sp³-hybridized carbons (Fsp3) is 0.538. The van der Waals surface area contributed by atoms with Gasteiger partial charge in [0.1, 0.15) is 5.82 Å². The Morgan fingerprint density at radius 2 is 1.88 bits per heavy atom. The molecule has 0 fully saturated rings. The third kappa shape index (κ3) is 3.29. The molecule has 0 heterocycles. The van der Waals surface area contributed by atoms with Crippen molar-refractivity contribution in [2.24, 2.45) is 0 Å². The molecule has 1 rings (SSSR count). The second kappa shape index (κ2) is 6.61. The summed E-state index contributed by atoms with van der Waals surface area (Å²) in [7, 11) is 1.88. The molecule has 3 heteroatoms. The first-order valence-corrected chi connectivity index (χ1v) is 5.86. The quantitative estimate of drug-likeness (QED) is 0.798. The largest absolute Gasteiger partial charge is 0.312 e. The Morgan fingerprint density at radius 3 is 2.38 bits per heavy atom. The Balaban J connectivity index is 2.78. The maximum Gasteiger partial charge on any atom is 0.128 e. The SMILES string of the molecule is CCN(CC)CC(NC)c1ccccc1F. The first kappa shape index (κ1) is 13.1. The Hall–Kier alpha value is -0.930. The second-order valence-electron chi connectivity index (χ2n) is 3.85. The molecule has 1 aromatic rings. The van der Waals surface area contributed by atoms with E-state index < -0.39 is 0 Å². The number of nitrogens with one attached hydrogen (secondary N) is 1. The molecule has 0 amide bonds. The highest BCUT2D eigenvalue weighted by molar-refractivity contribution is 5.21. The van der Waals surface area contributed by atoms with Crippen LogP contribution < -0.4 is 5.32 Å². The van der Waals surface area contributed by atoms with E-state index in [0.29, 0.717) is 0 Å². The van der Waals surface area contributed by atoms with Gasteiger partial charge in [-0.1, -0.05) is 32.0 Å². The van der Waals surface area contributed by atoms with Gasteiger partial charge in [0.2, 0.25) is 0 Å². The normalized spacial score (nSPS) is 13.1. The third-order valence-corrected chi connectivity index (χ3v) is 2.96. The summed E-state index contributed by atoms with van der Waals surface area (Å²) < 4.78 is 13.6. The standard InChI is InChI=1S/C13H21FN2/c1-4-16(5-2)10-13(15-3)11-8-6-7-9-12(11)14/h6-9,13,15H,4-5,10H2,1-3H3. The van der Waals surface area contributed by atoms with Crippen LogP contribution in [0.4, 0.5) is 4.39 Å². The summed E-state index contributed by atoms with van der Waals surface area (Å²) in [6, 6.07) is 7.02.